The Balaban J connectivity index is 2.01. The molecule has 1 spiro atoms. The van der Waals surface area contributed by atoms with Crippen LogP contribution in [0.25, 0.3) is 0 Å². The Morgan fingerprint density at radius 1 is 1.47 bits per heavy atom. The second kappa shape index (κ2) is 4.26. The van der Waals surface area contributed by atoms with Crippen LogP contribution in [0.3, 0.4) is 0 Å². The molecular formula is C13H12O2. The molecule has 1 atom stereocenters. The first-order valence-corrected chi connectivity index (χ1v) is 4.99. The topological polar surface area (TPSA) is 18.5 Å². The Bertz CT molecular complexity index is 415. The monoisotopic (exact) mass is 200 g/mol. The van der Waals surface area contributed by atoms with Crippen molar-refractivity contribution in [1.82, 2.24) is 0 Å². The van der Waals surface area contributed by atoms with Crippen molar-refractivity contribution in [3.8, 4) is 23.7 Å². The highest BCUT2D eigenvalue weighted by Gasteiger charge is 2.38. The summed E-state index contributed by atoms with van der Waals surface area (Å²) in [6, 6.07) is 0. The molecule has 0 bridgehead atoms. The zero-order valence-electron chi connectivity index (χ0n) is 8.67. The molecule has 0 aromatic heterocycles. The molecule has 0 aromatic rings. The van der Waals surface area contributed by atoms with Gasteiger partial charge in [-0.15, -0.1) is 0 Å². The van der Waals surface area contributed by atoms with E-state index in [1.54, 1.807) is 13.0 Å². The van der Waals surface area contributed by atoms with Gasteiger partial charge < -0.3 is 9.47 Å². The van der Waals surface area contributed by atoms with Crippen LogP contribution in [0.5, 0.6) is 0 Å². The Labute approximate surface area is 90.0 Å². The van der Waals surface area contributed by atoms with Crippen LogP contribution in [0.4, 0.5) is 0 Å². The van der Waals surface area contributed by atoms with Crippen molar-refractivity contribution in [2.24, 2.45) is 0 Å². The van der Waals surface area contributed by atoms with Crippen molar-refractivity contribution < 1.29 is 9.47 Å². The van der Waals surface area contributed by atoms with E-state index in [1.807, 2.05) is 12.2 Å². The van der Waals surface area contributed by atoms with Gasteiger partial charge in [-0.3, -0.25) is 0 Å². The van der Waals surface area contributed by atoms with Gasteiger partial charge in [0.1, 0.15) is 5.76 Å². The van der Waals surface area contributed by atoms with Gasteiger partial charge in [0.25, 0.3) is 0 Å². The summed E-state index contributed by atoms with van der Waals surface area (Å²) in [4.78, 5) is 0. The molecular weight excluding hydrogens is 188 g/mol. The van der Waals surface area contributed by atoms with E-state index in [1.165, 1.54) is 0 Å². The maximum absolute atomic E-state index is 5.67. The van der Waals surface area contributed by atoms with Gasteiger partial charge in [0.2, 0.25) is 5.79 Å². The Morgan fingerprint density at radius 2 is 2.40 bits per heavy atom. The molecule has 2 aliphatic heterocycles. The summed E-state index contributed by atoms with van der Waals surface area (Å²) in [5, 5.41) is 0. The van der Waals surface area contributed by atoms with E-state index in [0.717, 1.165) is 25.2 Å². The highest BCUT2D eigenvalue weighted by molar-refractivity contribution is 5.35. The van der Waals surface area contributed by atoms with Crippen LogP contribution in [0.1, 0.15) is 19.8 Å². The van der Waals surface area contributed by atoms with Crippen LogP contribution in [-0.2, 0) is 9.47 Å². The molecule has 1 saturated heterocycles. The lowest BCUT2D eigenvalue weighted by Gasteiger charge is -2.20. The van der Waals surface area contributed by atoms with Gasteiger partial charge in [0, 0.05) is 12.5 Å². The predicted molar refractivity (Wildman–Crippen MR) is 57.5 cm³/mol. The SMILES string of the molecule is CC#CC#C/C=C1/C=C[C@]2(CCCO2)O1. The van der Waals surface area contributed by atoms with Gasteiger partial charge in [-0.05, 0) is 37.3 Å². The summed E-state index contributed by atoms with van der Waals surface area (Å²) in [5.41, 5.74) is 0. The van der Waals surface area contributed by atoms with E-state index in [0.29, 0.717) is 0 Å². The summed E-state index contributed by atoms with van der Waals surface area (Å²) in [5.74, 6) is 11.1. The smallest absolute Gasteiger partial charge is 0.230 e. The number of allylic oxidation sites excluding steroid dienone is 2. The van der Waals surface area contributed by atoms with Crippen molar-refractivity contribution in [1.29, 1.82) is 0 Å². The highest BCUT2D eigenvalue weighted by Crippen LogP contribution is 2.35. The maximum atomic E-state index is 5.67. The number of hydrogen-bond acceptors (Lipinski definition) is 2. The lowest BCUT2D eigenvalue weighted by atomic mass is 10.2. The summed E-state index contributed by atoms with van der Waals surface area (Å²) < 4.78 is 11.2. The fourth-order valence-corrected chi connectivity index (χ4v) is 1.61. The average Bonchev–Trinajstić information content (AvgIpc) is 2.85. The Kier molecular flexibility index (Phi) is 2.81. The van der Waals surface area contributed by atoms with E-state index >= 15 is 0 Å². The third kappa shape index (κ3) is 2.24. The minimum absolute atomic E-state index is 0.496. The predicted octanol–water partition coefficient (Wildman–Crippen LogP) is 1.99. The van der Waals surface area contributed by atoms with Gasteiger partial charge in [0.05, 0.1) is 6.61 Å². The van der Waals surface area contributed by atoms with Gasteiger partial charge in [0.15, 0.2) is 0 Å². The molecule has 1 fully saturated rings. The molecule has 0 aliphatic carbocycles. The first kappa shape index (κ1) is 9.90. The fraction of sp³-hybridized carbons (Fsp3) is 0.385. The van der Waals surface area contributed by atoms with Crippen LogP contribution in [0, 0.1) is 23.7 Å². The van der Waals surface area contributed by atoms with Crippen molar-refractivity contribution >= 4 is 0 Å². The minimum Gasteiger partial charge on any atom is -0.458 e. The van der Waals surface area contributed by atoms with Gasteiger partial charge >= 0.3 is 0 Å². The first-order valence-electron chi connectivity index (χ1n) is 4.99. The molecule has 0 radical (unpaired) electrons. The van der Waals surface area contributed by atoms with E-state index in [-0.39, 0.29) is 0 Å². The van der Waals surface area contributed by atoms with E-state index in [2.05, 4.69) is 23.7 Å². The molecule has 0 aromatic carbocycles. The van der Waals surface area contributed by atoms with Crippen molar-refractivity contribution in [2.75, 3.05) is 6.61 Å². The van der Waals surface area contributed by atoms with Crippen LogP contribution in [-0.4, -0.2) is 12.4 Å². The molecule has 15 heavy (non-hydrogen) atoms. The molecule has 2 rings (SSSR count). The average molecular weight is 200 g/mol. The van der Waals surface area contributed by atoms with Crippen LogP contribution in [0.15, 0.2) is 24.0 Å². The van der Waals surface area contributed by atoms with Crippen LogP contribution in [0.2, 0.25) is 0 Å². The first-order chi connectivity index (χ1) is 7.35. The second-order valence-electron chi connectivity index (χ2n) is 3.39. The number of rotatable bonds is 0. The number of ether oxygens (including phenoxy) is 2. The molecule has 2 heterocycles. The largest absolute Gasteiger partial charge is 0.458 e. The Morgan fingerprint density at radius 3 is 3.13 bits per heavy atom. The number of hydrogen-bond donors (Lipinski definition) is 0. The molecule has 2 nitrogen and oxygen atoms in total. The lowest BCUT2D eigenvalue weighted by molar-refractivity contribution is -0.135. The molecule has 0 unspecified atom stereocenters. The van der Waals surface area contributed by atoms with E-state index in [4.69, 9.17) is 9.47 Å². The van der Waals surface area contributed by atoms with Crippen LogP contribution < -0.4 is 0 Å². The molecule has 2 aliphatic rings. The van der Waals surface area contributed by atoms with Crippen molar-refractivity contribution in [3.05, 3.63) is 24.0 Å². The quantitative estimate of drug-likeness (QED) is 0.557. The third-order valence-corrected chi connectivity index (χ3v) is 2.28. The summed E-state index contributed by atoms with van der Waals surface area (Å²) >= 11 is 0. The van der Waals surface area contributed by atoms with E-state index in [9.17, 15) is 0 Å². The molecule has 0 N–H and O–H groups in total. The zero-order chi connectivity index (χ0) is 10.6. The van der Waals surface area contributed by atoms with Gasteiger partial charge in [-0.25, -0.2) is 0 Å². The molecule has 76 valence electrons. The zero-order valence-corrected chi connectivity index (χ0v) is 8.67. The lowest BCUT2D eigenvalue weighted by Crippen LogP contribution is -2.24. The second-order valence-corrected chi connectivity index (χ2v) is 3.39. The maximum Gasteiger partial charge on any atom is 0.230 e. The highest BCUT2D eigenvalue weighted by atomic mass is 16.7. The Hall–Kier alpha value is -1.64. The summed E-state index contributed by atoms with van der Waals surface area (Å²) in [6.45, 7) is 2.53. The standard InChI is InChI=1S/C13H12O2/c1-2-3-4-5-7-12-8-10-13(15-12)9-6-11-14-13/h7-8,10H,6,9,11H2,1H3/b12-7-/t13-/m0/s1. The minimum atomic E-state index is -0.496. The van der Waals surface area contributed by atoms with Gasteiger partial charge in [-0.1, -0.05) is 11.8 Å². The van der Waals surface area contributed by atoms with E-state index < -0.39 is 5.79 Å². The van der Waals surface area contributed by atoms with Crippen molar-refractivity contribution in [3.63, 3.8) is 0 Å². The fourth-order valence-electron chi connectivity index (χ4n) is 1.61. The van der Waals surface area contributed by atoms with Crippen LogP contribution >= 0.6 is 0 Å². The molecule has 0 saturated carbocycles. The van der Waals surface area contributed by atoms with Gasteiger partial charge in [-0.2, -0.15) is 0 Å². The normalized spacial score (nSPS) is 29.5. The molecule has 0 amide bonds. The third-order valence-electron chi connectivity index (χ3n) is 2.28. The van der Waals surface area contributed by atoms with Crippen molar-refractivity contribution in [2.45, 2.75) is 25.6 Å². The molecule has 2 heteroatoms. The summed E-state index contributed by atoms with van der Waals surface area (Å²) in [6.07, 6.45) is 7.54. The summed E-state index contributed by atoms with van der Waals surface area (Å²) in [7, 11) is 0.